The molecule has 0 fully saturated rings. The molecule has 60 valence electrons. The number of rotatable bonds is 2. The maximum atomic E-state index is 4.06. The molecule has 0 aliphatic heterocycles. The number of hydrogen-bond acceptors (Lipinski definition) is 1. The quantitative estimate of drug-likeness (QED) is 0.325. The van der Waals surface area contributed by atoms with Crippen molar-refractivity contribution < 1.29 is 0 Å². The highest BCUT2D eigenvalue weighted by molar-refractivity contribution is 5.97. The van der Waals surface area contributed by atoms with Crippen molar-refractivity contribution in [2.75, 3.05) is 7.05 Å². The summed E-state index contributed by atoms with van der Waals surface area (Å²) in [5.74, 6) is 0. The molecule has 0 aromatic carbocycles. The summed E-state index contributed by atoms with van der Waals surface area (Å²) in [5, 5.41) is 0. The number of nitrogens with zero attached hydrogens (tertiary/aromatic N) is 1. The molecule has 0 heterocycles. The number of aliphatic imine (C=N–C) groups is 1. The van der Waals surface area contributed by atoms with Crippen LogP contribution in [0, 0.1) is 0 Å². The predicted molar refractivity (Wildman–Crippen MR) is 51.1 cm³/mol. The molecule has 1 nitrogen and oxygen atoms in total. The second-order valence-corrected chi connectivity index (χ2v) is 2.28. The second kappa shape index (κ2) is 5.70. The Balaban J connectivity index is 4.35. The third kappa shape index (κ3) is 4.35. The summed E-state index contributed by atoms with van der Waals surface area (Å²) in [6.45, 7) is 5.98. The SMILES string of the molecule is CC=C=C/C=C(C)/C(C)=N/C. The average Bonchev–Trinajstić information content (AvgIpc) is 2.03. The fraction of sp³-hybridized carbons (Fsp3) is 0.400. The third-order valence-corrected chi connectivity index (χ3v) is 1.50. The van der Waals surface area contributed by atoms with E-state index in [4.69, 9.17) is 0 Å². The van der Waals surface area contributed by atoms with Crippen LogP contribution in [-0.2, 0) is 0 Å². The van der Waals surface area contributed by atoms with Crippen LogP contribution in [-0.4, -0.2) is 12.8 Å². The van der Waals surface area contributed by atoms with Gasteiger partial charge in [-0.05, 0) is 44.6 Å². The van der Waals surface area contributed by atoms with Crippen molar-refractivity contribution in [2.45, 2.75) is 20.8 Å². The Kier molecular flexibility index (Phi) is 5.14. The van der Waals surface area contributed by atoms with Crippen LogP contribution in [0.4, 0.5) is 0 Å². The van der Waals surface area contributed by atoms with Gasteiger partial charge in [-0.3, -0.25) is 4.99 Å². The first-order valence-corrected chi connectivity index (χ1v) is 3.70. The van der Waals surface area contributed by atoms with Gasteiger partial charge in [0, 0.05) is 12.8 Å². The van der Waals surface area contributed by atoms with Crippen LogP contribution < -0.4 is 0 Å². The fourth-order valence-corrected chi connectivity index (χ4v) is 0.566. The summed E-state index contributed by atoms with van der Waals surface area (Å²) in [4.78, 5) is 4.06. The maximum absolute atomic E-state index is 4.06. The predicted octanol–water partition coefficient (Wildman–Crippen LogP) is 2.75. The van der Waals surface area contributed by atoms with Crippen molar-refractivity contribution in [3.05, 3.63) is 29.5 Å². The molecule has 0 unspecified atom stereocenters. The summed E-state index contributed by atoms with van der Waals surface area (Å²) in [7, 11) is 1.80. The number of allylic oxidation sites excluding steroid dienone is 3. The van der Waals surface area contributed by atoms with Crippen molar-refractivity contribution in [1.29, 1.82) is 0 Å². The monoisotopic (exact) mass is 149 g/mol. The molecule has 0 aromatic heterocycles. The molecular formula is C10H15N. The van der Waals surface area contributed by atoms with Crippen LogP contribution in [0.2, 0.25) is 0 Å². The Morgan fingerprint density at radius 2 is 2.00 bits per heavy atom. The third-order valence-electron chi connectivity index (χ3n) is 1.50. The molecule has 0 radical (unpaired) electrons. The molecular weight excluding hydrogens is 134 g/mol. The number of hydrogen-bond donors (Lipinski definition) is 0. The molecule has 0 saturated carbocycles. The van der Waals surface area contributed by atoms with E-state index in [9.17, 15) is 0 Å². The molecule has 0 aromatic rings. The van der Waals surface area contributed by atoms with E-state index < -0.39 is 0 Å². The van der Waals surface area contributed by atoms with Gasteiger partial charge in [-0.25, -0.2) is 0 Å². The molecule has 0 spiro atoms. The van der Waals surface area contributed by atoms with Crippen molar-refractivity contribution in [1.82, 2.24) is 0 Å². The zero-order valence-electron chi connectivity index (χ0n) is 7.68. The van der Waals surface area contributed by atoms with E-state index in [0.29, 0.717) is 0 Å². The molecule has 0 atom stereocenters. The van der Waals surface area contributed by atoms with Crippen LogP contribution in [0.1, 0.15) is 20.8 Å². The Morgan fingerprint density at radius 3 is 2.45 bits per heavy atom. The van der Waals surface area contributed by atoms with E-state index in [1.807, 2.05) is 39.0 Å². The van der Waals surface area contributed by atoms with Crippen LogP contribution >= 0.6 is 0 Å². The Hall–Kier alpha value is -1.07. The molecule has 0 N–H and O–H groups in total. The molecule has 0 rings (SSSR count). The summed E-state index contributed by atoms with van der Waals surface area (Å²) in [6, 6.07) is 0. The van der Waals surface area contributed by atoms with E-state index in [2.05, 4.69) is 10.7 Å². The lowest BCUT2D eigenvalue weighted by molar-refractivity contribution is 1.39. The Morgan fingerprint density at radius 1 is 1.36 bits per heavy atom. The van der Waals surface area contributed by atoms with Crippen LogP contribution in [0.5, 0.6) is 0 Å². The van der Waals surface area contributed by atoms with Gasteiger partial charge in [0.1, 0.15) is 0 Å². The summed E-state index contributed by atoms with van der Waals surface area (Å²) >= 11 is 0. The lowest BCUT2D eigenvalue weighted by atomic mass is 10.2. The second-order valence-electron chi connectivity index (χ2n) is 2.28. The van der Waals surface area contributed by atoms with Crippen molar-refractivity contribution in [2.24, 2.45) is 4.99 Å². The molecule has 0 saturated heterocycles. The zero-order valence-corrected chi connectivity index (χ0v) is 7.68. The first kappa shape index (κ1) is 9.93. The molecule has 0 amide bonds. The van der Waals surface area contributed by atoms with Crippen LogP contribution in [0.15, 0.2) is 34.5 Å². The first-order chi connectivity index (χ1) is 5.22. The minimum atomic E-state index is 1.07. The minimum Gasteiger partial charge on any atom is -0.293 e. The highest BCUT2D eigenvalue weighted by Crippen LogP contribution is 1.95. The van der Waals surface area contributed by atoms with Gasteiger partial charge in [-0.15, -0.1) is 5.73 Å². The molecule has 0 aliphatic rings. The van der Waals surface area contributed by atoms with Gasteiger partial charge in [0.2, 0.25) is 0 Å². The lowest BCUT2D eigenvalue weighted by Gasteiger charge is -1.94. The summed E-state index contributed by atoms with van der Waals surface area (Å²) in [5.41, 5.74) is 5.23. The standard InChI is InChI=1S/C10H15N/c1-5-6-7-8-9(2)10(3)11-4/h5,7-8H,1-4H3/b9-8+,11-10+. The largest absolute Gasteiger partial charge is 0.293 e. The van der Waals surface area contributed by atoms with E-state index in [0.717, 1.165) is 5.71 Å². The van der Waals surface area contributed by atoms with Gasteiger partial charge < -0.3 is 0 Å². The van der Waals surface area contributed by atoms with Gasteiger partial charge in [0.25, 0.3) is 0 Å². The van der Waals surface area contributed by atoms with E-state index >= 15 is 0 Å². The van der Waals surface area contributed by atoms with Crippen LogP contribution in [0.25, 0.3) is 0 Å². The van der Waals surface area contributed by atoms with Crippen molar-refractivity contribution in [3.63, 3.8) is 0 Å². The van der Waals surface area contributed by atoms with Crippen molar-refractivity contribution in [3.8, 4) is 0 Å². The normalized spacial score (nSPS) is 12.4. The van der Waals surface area contributed by atoms with Gasteiger partial charge in [0.05, 0.1) is 0 Å². The average molecular weight is 149 g/mol. The van der Waals surface area contributed by atoms with Gasteiger partial charge in [-0.1, -0.05) is 0 Å². The summed E-state index contributed by atoms with van der Waals surface area (Å²) < 4.78 is 0. The highest BCUT2D eigenvalue weighted by Gasteiger charge is 1.88. The van der Waals surface area contributed by atoms with Gasteiger partial charge >= 0.3 is 0 Å². The van der Waals surface area contributed by atoms with Crippen LogP contribution in [0.3, 0.4) is 0 Å². The van der Waals surface area contributed by atoms with Crippen molar-refractivity contribution >= 4 is 5.71 Å². The Bertz CT molecular complexity index is 225. The Labute approximate surface area is 68.9 Å². The molecule has 0 aliphatic carbocycles. The smallest absolute Gasteiger partial charge is 0.0343 e. The maximum Gasteiger partial charge on any atom is 0.0343 e. The van der Waals surface area contributed by atoms with E-state index in [1.165, 1.54) is 5.57 Å². The first-order valence-electron chi connectivity index (χ1n) is 3.70. The van der Waals surface area contributed by atoms with E-state index in [1.54, 1.807) is 7.05 Å². The zero-order chi connectivity index (χ0) is 8.69. The molecule has 11 heavy (non-hydrogen) atoms. The minimum absolute atomic E-state index is 1.07. The van der Waals surface area contributed by atoms with Gasteiger partial charge in [-0.2, -0.15) is 0 Å². The molecule has 0 bridgehead atoms. The van der Waals surface area contributed by atoms with Gasteiger partial charge in [0.15, 0.2) is 0 Å². The molecule has 1 heteroatoms. The highest BCUT2D eigenvalue weighted by atomic mass is 14.7. The summed E-state index contributed by atoms with van der Waals surface area (Å²) in [6.07, 6.45) is 5.77. The fourth-order valence-electron chi connectivity index (χ4n) is 0.566. The van der Waals surface area contributed by atoms with E-state index in [-0.39, 0.29) is 0 Å². The lowest BCUT2D eigenvalue weighted by Crippen LogP contribution is -1.90. The topological polar surface area (TPSA) is 12.4 Å².